The van der Waals surface area contributed by atoms with Crippen molar-refractivity contribution in [1.29, 1.82) is 0 Å². The number of benzene rings is 1. The van der Waals surface area contributed by atoms with Crippen molar-refractivity contribution in [2.24, 2.45) is 5.73 Å². The Morgan fingerprint density at radius 3 is 2.75 bits per heavy atom. The van der Waals surface area contributed by atoms with Crippen LogP contribution < -0.4 is 10.5 Å². The number of sulfonamides is 1. The monoisotopic (exact) mass is 362 g/mol. The van der Waals surface area contributed by atoms with E-state index >= 15 is 0 Å². The zero-order valence-electron chi connectivity index (χ0n) is 11.5. The highest BCUT2D eigenvalue weighted by Gasteiger charge is 2.30. The van der Waals surface area contributed by atoms with Crippen LogP contribution in [0, 0.1) is 6.92 Å². The lowest BCUT2D eigenvalue weighted by atomic mass is 10.1. The Hall–Kier alpha value is -0.470. The number of hydrogen-bond acceptors (Lipinski definition) is 4. The minimum Gasteiger partial charge on any atom is -0.377 e. The van der Waals surface area contributed by atoms with Crippen LogP contribution in [0.1, 0.15) is 24.5 Å². The van der Waals surface area contributed by atoms with Gasteiger partial charge in [0.05, 0.1) is 17.0 Å². The third kappa shape index (κ3) is 3.23. The van der Waals surface area contributed by atoms with Gasteiger partial charge in [-0.3, -0.25) is 0 Å². The maximum atomic E-state index is 12.5. The van der Waals surface area contributed by atoms with Crippen molar-refractivity contribution in [2.45, 2.75) is 43.9 Å². The van der Waals surface area contributed by atoms with E-state index in [4.69, 9.17) is 10.5 Å². The van der Waals surface area contributed by atoms with E-state index in [-0.39, 0.29) is 17.0 Å². The second-order valence-electron chi connectivity index (χ2n) is 5.02. The van der Waals surface area contributed by atoms with E-state index in [2.05, 4.69) is 20.7 Å². The molecule has 1 heterocycles. The van der Waals surface area contributed by atoms with Crippen LogP contribution in [0.15, 0.2) is 21.5 Å². The molecule has 0 spiro atoms. The van der Waals surface area contributed by atoms with E-state index in [9.17, 15) is 8.42 Å². The van der Waals surface area contributed by atoms with Crippen LogP contribution in [-0.2, 0) is 21.3 Å². The van der Waals surface area contributed by atoms with Gasteiger partial charge in [0, 0.05) is 17.6 Å². The molecule has 20 heavy (non-hydrogen) atoms. The first-order chi connectivity index (χ1) is 9.35. The van der Waals surface area contributed by atoms with Gasteiger partial charge in [0.25, 0.3) is 0 Å². The third-order valence-corrected chi connectivity index (χ3v) is 6.32. The number of rotatable bonds is 4. The zero-order valence-corrected chi connectivity index (χ0v) is 13.9. The van der Waals surface area contributed by atoms with Gasteiger partial charge in [0.2, 0.25) is 10.0 Å². The highest BCUT2D eigenvalue weighted by Crippen LogP contribution is 2.28. The number of ether oxygens (including phenoxy) is 1. The molecule has 1 aromatic rings. The van der Waals surface area contributed by atoms with Gasteiger partial charge in [-0.15, -0.1) is 0 Å². The van der Waals surface area contributed by atoms with E-state index in [1.165, 1.54) is 0 Å². The van der Waals surface area contributed by atoms with Crippen LogP contribution in [0.25, 0.3) is 0 Å². The molecule has 7 heteroatoms. The Morgan fingerprint density at radius 2 is 2.20 bits per heavy atom. The van der Waals surface area contributed by atoms with Gasteiger partial charge < -0.3 is 10.5 Å². The predicted octanol–water partition coefficient (Wildman–Crippen LogP) is 1.67. The summed E-state index contributed by atoms with van der Waals surface area (Å²) in [5, 5.41) is 0. The Balaban J connectivity index is 2.36. The van der Waals surface area contributed by atoms with Crippen molar-refractivity contribution >= 4 is 26.0 Å². The Bertz CT molecular complexity index is 604. The molecule has 0 aromatic heterocycles. The van der Waals surface area contributed by atoms with Crippen molar-refractivity contribution < 1.29 is 13.2 Å². The fourth-order valence-corrected chi connectivity index (χ4v) is 4.68. The summed E-state index contributed by atoms with van der Waals surface area (Å²) in [7, 11) is -3.59. The summed E-state index contributed by atoms with van der Waals surface area (Å²) < 4.78 is 33.8. The molecule has 1 saturated heterocycles. The van der Waals surface area contributed by atoms with E-state index < -0.39 is 10.0 Å². The first-order valence-electron chi connectivity index (χ1n) is 6.48. The predicted molar refractivity (Wildman–Crippen MR) is 80.9 cm³/mol. The highest BCUT2D eigenvalue weighted by atomic mass is 79.9. The fraction of sp³-hybridized carbons (Fsp3) is 0.538. The summed E-state index contributed by atoms with van der Waals surface area (Å²) in [6.07, 6.45) is 0.579. The summed E-state index contributed by atoms with van der Waals surface area (Å²) in [4.78, 5) is 0.233. The summed E-state index contributed by atoms with van der Waals surface area (Å²) in [6.45, 7) is 4.61. The van der Waals surface area contributed by atoms with E-state index in [1.807, 2.05) is 19.9 Å². The normalized spacial score (nSPS) is 23.2. The SMILES string of the molecule is Cc1cc(CN)cc(S(=O)(=O)NC2CCOC2C)c1Br. The number of nitrogens with two attached hydrogens (primary N) is 1. The molecule has 3 N–H and O–H groups in total. The molecular weight excluding hydrogens is 344 g/mol. The van der Waals surface area contributed by atoms with Gasteiger partial charge >= 0.3 is 0 Å². The van der Waals surface area contributed by atoms with E-state index in [1.54, 1.807) is 6.07 Å². The molecule has 0 aliphatic carbocycles. The van der Waals surface area contributed by atoms with Crippen LogP contribution in [0.4, 0.5) is 0 Å². The minimum atomic E-state index is -3.59. The lowest BCUT2D eigenvalue weighted by Gasteiger charge is -2.18. The smallest absolute Gasteiger partial charge is 0.242 e. The molecule has 1 fully saturated rings. The van der Waals surface area contributed by atoms with Crippen molar-refractivity contribution in [3.8, 4) is 0 Å². The Labute approximate surface area is 128 Å². The van der Waals surface area contributed by atoms with Gasteiger partial charge in [-0.2, -0.15) is 0 Å². The lowest BCUT2D eigenvalue weighted by Crippen LogP contribution is -2.39. The third-order valence-electron chi connectivity index (χ3n) is 3.49. The van der Waals surface area contributed by atoms with Gasteiger partial charge in [-0.1, -0.05) is 6.07 Å². The first-order valence-corrected chi connectivity index (χ1v) is 8.76. The molecule has 1 aliphatic rings. The number of nitrogens with one attached hydrogen (secondary N) is 1. The second-order valence-corrected chi connectivity index (χ2v) is 7.50. The molecule has 0 saturated carbocycles. The summed E-state index contributed by atoms with van der Waals surface area (Å²) >= 11 is 3.35. The summed E-state index contributed by atoms with van der Waals surface area (Å²) in [6, 6.07) is 3.30. The van der Waals surface area contributed by atoms with E-state index in [0.29, 0.717) is 24.0 Å². The molecule has 2 atom stereocenters. The number of hydrogen-bond donors (Lipinski definition) is 2. The Morgan fingerprint density at radius 1 is 1.50 bits per heavy atom. The lowest BCUT2D eigenvalue weighted by molar-refractivity contribution is 0.117. The van der Waals surface area contributed by atoms with Crippen LogP contribution >= 0.6 is 15.9 Å². The van der Waals surface area contributed by atoms with Gasteiger partial charge in [-0.05, 0) is 53.4 Å². The largest absolute Gasteiger partial charge is 0.377 e. The van der Waals surface area contributed by atoms with Crippen molar-refractivity contribution in [2.75, 3.05) is 6.61 Å². The molecule has 2 rings (SSSR count). The van der Waals surface area contributed by atoms with Gasteiger partial charge in [-0.25, -0.2) is 13.1 Å². The maximum Gasteiger partial charge on any atom is 0.242 e. The van der Waals surface area contributed by atoms with Crippen molar-refractivity contribution in [1.82, 2.24) is 4.72 Å². The van der Waals surface area contributed by atoms with Crippen LogP contribution in [0.2, 0.25) is 0 Å². The summed E-state index contributed by atoms with van der Waals surface area (Å²) in [5.74, 6) is 0. The molecule has 0 bridgehead atoms. The molecule has 0 radical (unpaired) electrons. The summed E-state index contributed by atoms with van der Waals surface area (Å²) in [5.41, 5.74) is 7.26. The standard InChI is InChI=1S/C13H19BrN2O3S/c1-8-5-10(7-15)6-12(13(8)14)20(17,18)16-11-3-4-19-9(11)2/h5-6,9,11,16H,3-4,7,15H2,1-2H3. The number of aryl methyl sites for hydroxylation is 1. The molecule has 2 unspecified atom stereocenters. The fourth-order valence-electron chi connectivity index (χ4n) is 2.27. The van der Waals surface area contributed by atoms with Crippen LogP contribution in [0.3, 0.4) is 0 Å². The number of halogens is 1. The average Bonchev–Trinajstić information content (AvgIpc) is 2.77. The quantitative estimate of drug-likeness (QED) is 0.853. The van der Waals surface area contributed by atoms with Gasteiger partial charge in [0.1, 0.15) is 0 Å². The van der Waals surface area contributed by atoms with Crippen molar-refractivity contribution in [3.63, 3.8) is 0 Å². The molecule has 1 aliphatic heterocycles. The average molecular weight is 363 g/mol. The van der Waals surface area contributed by atoms with E-state index in [0.717, 1.165) is 11.1 Å². The second kappa shape index (κ2) is 6.11. The van der Waals surface area contributed by atoms with Crippen LogP contribution in [0.5, 0.6) is 0 Å². The zero-order chi connectivity index (χ0) is 14.9. The Kier molecular flexibility index (Phi) is 4.86. The maximum absolute atomic E-state index is 12.5. The molecule has 5 nitrogen and oxygen atoms in total. The van der Waals surface area contributed by atoms with Crippen LogP contribution in [-0.4, -0.2) is 27.2 Å². The van der Waals surface area contributed by atoms with Gasteiger partial charge in [0.15, 0.2) is 0 Å². The topological polar surface area (TPSA) is 81.4 Å². The molecule has 112 valence electrons. The highest BCUT2D eigenvalue weighted by molar-refractivity contribution is 9.10. The molecule has 0 amide bonds. The molecular formula is C13H19BrN2O3S. The first kappa shape index (κ1) is 15.9. The van der Waals surface area contributed by atoms with Crippen molar-refractivity contribution in [3.05, 3.63) is 27.7 Å². The minimum absolute atomic E-state index is 0.109. The molecule has 1 aromatic carbocycles.